The Morgan fingerprint density at radius 3 is 3.04 bits per heavy atom. The number of methoxy groups -OCH3 is 1. The van der Waals surface area contributed by atoms with Gasteiger partial charge in [0.15, 0.2) is 0 Å². The van der Waals surface area contributed by atoms with Crippen LogP contribution in [-0.4, -0.2) is 52.4 Å². The highest BCUT2D eigenvalue weighted by Gasteiger charge is 2.35. The topological polar surface area (TPSA) is 69.5 Å². The van der Waals surface area contributed by atoms with Gasteiger partial charge in [-0.05, 0) is 31.0 Å². The summed E-state index contributed by atoms with van der Waals surface area (Å²) in [6, 6.07) is 3.32. The molecule has 0 aromatic carbocycles. The largest absolute Gasteiger partial charge is 0.480 e. The molecule has 1 atom stereocenters. The summed E-state index contributed by atoms with van der Waals surface area (Å²) >= 11 is 0. The molecule has 0 aliphatic carbocycles. The first-order chi connectivity index (χ1) is 11.7. The lowest BCUT2D eigenvalue weighted by Crippen LogP contribution is -2.43. The minimum absolute atomic E-state index is 0.100. The predicted molar refractivity (Wildman–Crippen MR) is 88.0 cm³/mol. The lowest BCUT2D eigenvalue weighted by Gasteiger charge is -2.36. The highest BCUT2D eigenvalue weighted by Crippen LogP contribution is 2.32. The van der Waals surface area contributed by atoms with Gasteiger partial charge in [-0.2, -0.15) is 5.10 Å². The van der Waals surface area contributed by atoms with Gasteiger partial charge in [0.1, 0.15) is 5.56 Å². The summed E-state index contributed by atoms with van der Waals surface area (Å²) in [7, 11) is 3.42. The Hall–Kier alpha value is -2.41. The van der Waals surface area contributed by atoms with Crippen LogP contribution in [0, 0.1) is 0 Å². The van der Waals surface area contributed by atoms with Gasteiger partial charge in [0.25, 0.3) is 5.91 Å². The molecule has 0 spiro atoms. The Bertz CT molecular complexity index is 728. The number of hydrogen-bond donors (Lipinski definition) is 0. The maximum Gasteiger partial charge on any atom is 0.260 e. The maximum atomic E-state index is 13.1. The van der Waals surface area contributed by atoms with E-state index in [-0.39, 0.29) is 11.9 Å². The van der Waals surface area contributed by atoms with E-state index < -0.39 is 0 Å². The zero-order valence-corrected chi connectivity index (χ0v) is 14.2. The van der Waals surface area contributed by atoms with E-state index in [4.69, 9.17) is 9.47 Å². The molecule has 3 heterocycles. The molecule has 0 fully saturated rings. The number of fused-ring (bicyclic) bond motifs is 1. The summed E-state index contributed by atoms with van der Waals surface area (Å²) in [5.41, 5.74) is 2.67. The maximum absolute atomic E-state index is 13.1. The number of hydrogen-bond acceptors (Lipinski definition) is 5. The molecule has 3 rings (SSSR count). The Morgan fingerprint density at radius 2 is 2.29 bits per heavy atom. The van der Waals surface area contributed by atoms with Crippen LogP contribution in [0.25, 0.3) is 0 Å². The van der Waals surface area contributed by atoms with Crippen molar-refractivity contribution in [3.8, 4) is 5.88 Å². The van der Waals surface area contributed by atoms with E-state index in [2.05, 4.69) is 10.1 Å². The van der Waals surface area contributed by atoms with Crippen molar-refractivity contribution in [3.05, 3.63) is 41.3 Å². The van der Waals surface area contributed by atoms with E-state index in [0.29, 0.717) is 31.2 Å². The normalized spacial score (nSPS) is 16.8. The molecular weight excluding hydrogens is 308 g/mol. The Morgan fingerprint density at radius 1 is 1.46 bits per heavy atom. The van der Waals surface area contributed by atoms with Gasteiger partial charge < -0.3 is 14.4 Å². The Balaban J connectivity index is 1.96. The number of nitrogens with zero attached hydrogens (tertiary/aromatic N) is 4. The number of carbonyl (C=O) groups is 1. The Kier molecular flexibility index (Phi) is 4.80. The molecule has 128 valence electrons. The SMILES string of the molecule is CCOCC1c2c(cnn2C)CCN1C(=O)c1cccnc1OC. The predicted octanol–water partition coefficient (Wildman–Crippen LogP) is 1.60. The van der Waals surface area contributed by atoms with Gasteiger partial charge in [-0.1, -0.05) is 0 Å². The molecule has 2 aromatic heterocycles. The van der Waals surface area contributed by atoms with Crippen molar-refractivity contribution in [2.75, 3.05) is 26.9 Å². The summed E-state index contributed by atoms with van der Waals surface area (Å²) in [5, 5.41) is 4.34. The standard InChI is InChI=1S/C17H22N4O3/c1-4-24-11-14-15-12(10-19-20(15)2)7-9-21(14)17(22)13-6-5-8-18-16(13)23-3/h5-6,8,10,14H,4,7,9,11H2,1-3H3. The number of ether oxygens (including phenoxy) is 2. The van der Waals surface area contributed by atoms with Crippen LogP contribution in [0.4, 0.5) is 0 Å². The third-order valence-electron chi connectivity index (χ3n) is 4.31. The van der Waals surface area contributed by atoms with Crippen molar-refractivity contribution >= 4 is 5.91 Å². The molecule has 0 saturated heterocycles. The molecular formula is C17H22N4O3. The molecule has 0 N–H and O–H groups in total. The molecule has 1 aliphatic heterocycles. The monoisotopic (exact) mass is 330 g/mol. The van der Waals surface area contributed by atoms with Gasteiger partial charge in [0, 0.05) is 26.4 Å². The first kappa shape index (κ1) is 16.4. The minimum atomic E-state index is -0.168. The third-order valence-corrected chi connectivity index (χ3v) is 4.31. The number of aryl methyl sites for hydroxylation is 1. The van der Waals surface area contributed by atoms with Crippen LogP contribution in [0.15, 0.2) is 24.5 Å². The van der Waals surface area contributed by atoms with Gasteiger partial charge in [-0.15, -0.1) is 0 Å². The third kappa shape index (κ3) is 2.87. The lowest BCUT2D eigenvalue weighted by atomic mass is 9.99. The van der Waals surface area contributed by atoms with Gasteiger partial charge >= 0.3 is 0 Å². The molecule has 7 nitrogen and oxygen atoms in total. The number of rotatable bonds is 5. The molecule has 7 heteroatoms. The number of aromatic nitrogens is 3. The van der Waals surface area contributed by atoms with Crippen molar-refractivity contribution in [3.63, 3.8) is 0 Å². The van der Waals surface area contributed by atoms with Crippen LogP contribution < -0.4 is 4.74 Å². The number of pyridine rings is 1. The summed E-state index contributed by atoms with van der Waals surface area (Å²) in [4.78, 5) is 19.1. The first-order valence-electron chi connectivity index (χ1n) is 8.05. The number of amides is 1. The van der Waals surface area contributed by atoms with E-state index in [0.717, 1.165) is 12.1 Å². The van der Waals surface area contributed by atoms with Crippen LogP contribution in [-0.2, 0) is 18.2 Å². The van der Waals surface area contributed by atoms with Crippen LogP contribution >= 0.6 is 0 Å². The van der Waals surface area contributed by atoms with Crippen LogP contribution in [0.5, 0.6) is 5.88 Å². The van der Waals surface area contributed by atoms with E-state index in [9.17, 15) is 4.79 Å². The molecule has 1 unspecified atom stereocenters. The number of carbonyl (C=O) groups excluding carboxylic acids is 1. The van der Waals surface area contributed by atoms with Gasteiger partial charge in [-0.3, -0.25) is 9.48 Å². The van der Waals surface area contributed by atoms with Crippen molar-refractivity contribution in [1.29, 1.82) is 0 Å². The van der Waals surface area contributed by atoms with Crippen molar-refractivity contribution in [1.82, 2.24) is 19.7 Å². The van der Waals surface area contributed by atoms with Crippen molar-refractivity contribution in [2.24, 2.45) is 7.05 Å². The second kappa shape index (κ2) is 7.00. The van der Waals surface area contributed by atoms with Crippen LogP contribution in [0.2, 0.25) is 0 Å². The zero-order chi connectivity index (χ0) is 17.1. The lowest BCUT2D eigenvalue weighted by molar-refractivity contribution is 0.0398. The van der Waals surface area contributed by atoms with Crippen molar-refractivity contribution in [2.45, 2.75) is 19.4 Å². The van der Waals surface area contributed by atoms with E-state index >= 15 is 0 Å². The van der Waals surface area contributed by atoms with E-state index in [1.54, 1.807) is 18.3 Å². The van der Waals surface area contributed by atoms with Gasteiger partial charge in [0.2, 0.25) is 5.88 Å². The highest BCUT2D eigenvalue weighted by molar-refractivity contribution is 5.96. The fourth-order valence-electron chi connectivity index (χ4n) is 3.17. The van der Waals surface area contributed by atoms with E-state index in [1.807, 2.05) is 29.7 Å². The second-order valence-corrected chi connectivity index (χ2v) is 5.66. The molecule has 0 radical (unpaired) electrons. The van der Waals surface area contributed by atoms with Gasteiger partial charge in [0.05, 0.1) is 31.6 Å². The quantitative estimate of drug-likeness (QED) is 0.833. The molecule has 0 bridgehead atoms. The molecule has 24 heavy (non-hydrogen) atoms. The highest BCUT2D eigenvalue weighted by atomic mass is 16.5. The fourth-order valence-corrected chi connectivity index (χ4v) is 3.17. The average molecular weight is 330 g/mol. The fraction of sp³-hybridized carbons (Fsp3) is 0.471. The van der Waals surface area contributed by atoms with Crippen LogP contribution in [0.1, 0.15) is 34.6 Å². The zero-order valence-electron chi connectivity index (χ0n) is 14.2. The molecule has 0 saturated carbocycles. The first-order valence-corrected chi connectivity index (χ1v) is 8.05. The van der Waals surface area contributed by atoms with Crippen LogP contribution in [0.3, 0.4) is 0 Å². The molecule has 1 amide bonds. The Labute approximate surface area is 141 Å². The van der Waals surface area contributed by atoms with Gasteiger partial charge in [-0.25, -0.2) is 4.98 Å². The smallest absolute Gasteiger partial charge is 0.260 e. The minimum Gasteiger partial charge on any atom is -0.480 e. The van der Waals surface area contributed by atoms with Crippen molar-refractivity contribution < 1.29 is 14.3 Å². The molecule has 1 aliphatic rings. The second-order valence-electron chi connectivity index (χ2n) is 5.66. The summed E-state index contributed by atoms with van der Waals surface area (Å²) in [6.07, 6.45) is 4.27. The van der Waals surface area contributed by atoms with E-state index in [1.165, 1.54) is 12.7 Å². The summed E-state index contributed by atoms with van der Waals surface area (Å²) in [5.74, 6) is 0.241. The summed E-state index contributed by atoms with van der Waals surface area (Å²) < 4.78 is 12.7. The molecule has 2 aromatic rings. The summed E-state index contributed by atoms with van der Waals surface area (Å²) in [6.45, 7) is 3.61. The average Bonchev–Trinajstić information content (AvgIpc) is 3.00.